The van der Waals surface area contributed by atoms with Gasteiger partial charge < -0.3 is 15.5 Å². The second kappa shape index (κ2) is 7.86. The minimum Gasteiger partial charge on any atom is -0.350 e. The highest BCUT2D eigenvalue weighted by molar-refractivity contribution is 6.05. The van der Waals surface area contributed by atoms with Gasteiger partial charge in [-0.25, -0.2) is 0 Å². The van der Waals surface area contributed by atoms with Crippen LogP contribution < -0.4 is 15.5 Å². The zero-order chi connectivity index (χ0) is 19.5. The molecule has 0 aromatic heterocycles. The number of amides is 3. The standard InChI is InChI=1S/C19H28N4O3/c1-13-10-16(24)20-14-8-6-7-9-15(14)23(13)18(26)12-22(5)11-17(25)21-19(2,3)4/h6-9,13H,10-12H2,1-5H3,(H,20,24)(H,21,25)/t13-/m0/s1. The van der Waals surface area contributed by atoms with Crippen LogP contribution in [-0.4, -0.2) is 54.3 Å². The van der Waals surface area contributed by atoms with Gasteiger partial charge in [0.1, 0.15) is 0 Å². The first-order valence-corrected chi connectivity index (χ1v) is 8.77. The Labute approximate surface area is 154 Å². The number of hydrogen-bond acceptors (Lipinski definition) is 4. The lowest BCUT2D eigenvalue weighted by Gasteiger charge is -2.30. The van der Waals surface area contributed by atoms with Crippen LogP contribution in [-0.2, 0) is 14.4 Å². The molecule has 2 N–H and O–H groups in total. The first-order valence-electron chi connectivity index (χ1n) is 8.77. The maximum absolute atomic E-state index is 12.9. The monoisotopic (exact) mass is 360 g/mol. The van der Waals surface area contributed by atoms with Crippen LogP contribution in [0.3, 0.4) is 0 Å². The normalized spacial score (nSPS) is 17.4. The molecule has 26 heavy (non-hydrogen) atoms. The third kappa shape index (κ3) is 5.29. The minimum atomic E-state index is -0.313. The Bertz CT molecular complexity index is 696. The van der Waals surface area contributed by atoms with Gasteiger partial charge in [0, 0.05) is 18.0 Å². The molecule has 0 bridgehead atoms. The second-order valence-corrected chi connectivity index (χ2v) is 7.85. The lowest BCUT2D eigenvalue weighted by atomic mass is 10.1. The number of para-hydroxylation sites is 2. The van der Waals surface area contributed by atoms with Crippen LogP contribution in [0.2, 0.25) is 0 Å². The molecule has 7 heteroatoms. The lowest BCUT2D eigenvalue weighted by Crippen LogP contribution is -2.48. The summed E-state index contributed by atoms with van der Waals surface area (Å²) in [6.07, 6.45) is 0.231. The number of nitrogens with zero attached hydrogens (tertiary/aromatic N) is 2. The number of nitrogens with one attached hydrogen (secondary N) is 2. The van der Waals surface area contributed by atoms with Crippen molar-refractivity contribution in [3.63, 3.8) is 0 Å². The highest BCUT2D eigenvalue weighted by atomic mass is 16.2. The summed E-state index contributed by atoms with van der Waals surface area (Å²) in [6, 6.07) is 7.00. The van der Waals surface area contributed by atoms with E-state index >= 15 is 0 Å². The largest absolute Gasteiger partial charge is 0.350 e. The Hall–Kier alpha value is -2.41. The van der Waals surface area contributed by atoms with Crippen LogP contribution in [0.25, 0.3) is 0 Å². The van der Waals surface area contributed by atoms with Crippen molar-refractivity contribution in [1.82, 2.24) is 10.2 Å². The van der Waals surface area contributed by atoms with Gasteiger partial charge in [0.25, 0.3) is 0 Å². The van der Waals surface area contributed by atoms with E-state index in [1.165, 1.54) is 0 Å². The summed E-state index contributed by atoms with van der Waals surface area (Å²) >= 11 is 0. The van der Waals surface area contributed by atoms with E-state index in [4.69, 9.17) is 0 Å². The van der Waals surface area contributed by atoms with Gasteiger partial charge in [-0.05, 0) is 46.9 Å². The van der Waals surface area contributed by atoms with Crippen molar-refractivity contribution >= 4 is 29.1 Å². The first-order chi connectivity index (χ1) is 12.1. The minimum absolute atomic E-state index is 0.0877. The number of carbonyl (C=O) groups is 3. The molecule has 142 valence electrons. The molecule has 7 nitrogen and oxygen atoms in total. The van der Waals surface area contributed by atoms with Gasteiger partial charge in [-0.3, -0.25) is 19.3 Å². The van der Waals surface area contributed by atoms with Crippen LogP contribution in [0.5, 0.6) is 0 Å². The molecule has 0 radical (unpaired) electrons. The Morgan fingerprint density at radius 2 is 1.92 bits per heavy atom. The van der Waals surface area contributed by atoms with Crippen molar-refractivity contribution in [3.05, 3.63) is 24.3 Å². The van der Waals surface area contributed by atoms with Gasteiger partial charge in [0.15, 0.2) is 0 Å². The molecular formula is C19H28N4O3. The SMILES string of the molecule is C[C@H]1CC(=O)Nc2ccccc2N1C(=O)CN(C)CC(=O)NC(C)(C)C. The fourth-order valence-electron chi connectivity index (χ4n) is 3.03. The summed E-state index contributed by atoms with van der Waals surface area (Å²) in [5.74, 6) is -0.389. The van der Waals surface area contributed by atoms with Gasteiger partial charge in [0.2, 0.25) is 17.7 Å². The average Bonchev–Trinajstić information content (AvgIpc) is 2.58. The maximum atomic E-state index is 12.9. The summed E-state index contributed by atoms with van der Waals surface area (Å²) in [5.41, 5.74) is 0.998. The molecule has 0 saturated heterocycles. The molecule has 1 aliphatic rings. The predicted octanol–water partition coefficient (Wildman–Crippen LogP) is 1.60. The quantitative estimate of drug-likeness (QED) is 0.854. The van der Waals surface area contributed by atoms with Gasteiger partial charge in [0.05, 0.1) is 24.5 Å². The number of hydrogen-bond donors (Lipinski definition) is 2. The van der Waals surface area contributed by atoms with E-state index in [0.29, 0.717) is 11.4 Å². The third-order valence-corrected chi connectivity index (χ3v) is 3.96. The fourth-order valence-corrected chi connectivity index (χ4v) is 3.03. The number of anilines is 2. The van der Waals surface area contributed by atoms with Crippen molar-refractivity contribution in [2.45, 2.75) is 45.7 Å². The molecule has 0 fully saturated rings. The van der Waals surface area contributed by atoms with Crippen molar-refractivity contribution in [3.8, 4) is 0 Å². The van der Waals surface area contributed by atoms with Gasteiger partial charge >= 0.3 is 0 Å². The van der Waals surface area contributed by atoms with Crippen LogP contribution >= 0.6 is 0 Å². The van der Waals surface area contributed by atoms with Crippen LogP contribution in [0.15, 0.2) is 24.3 Å². The summed E-state index contributed by atoms with van der Waals surface area (Å²) in [4.78, 5) is 40.3. The van der Waals surface area contributed by atoms with Crippen molar-refractivity contribution < 1.29 is 14.4 Å². The van der Waals surface area contributed by atoms with E-state index in [1.54, 1.807) is 22.9 Å². The smallest absolute Gasteiger partial charge is 0.241 e. The zero-order valence-electron chi connectivity index (χ0n) is 16.1. The molecule has 0 aliphatic carbocycles. The molecule has 1 atom stereocenters. The molecule has 0 unspecified atom stereocenters. The maximum Gasteiger partial charge on any atom is 0.241 e. The molecule has 1 aliphatic heterocycles. The Morgan fingerprint density at radius 3 is 2.58 bits per heavy atom. The zero-order valence-corrected chi connectivity index (χ0v) is 16.1. The number of carbonyl (C=O) groups excluding carboxylic acids is 3. The van der Waals surface area contributed by atoms with E-state index in [-0.39, 0.29) is 48.8 Å². The Balaban J connectivity index is 2.10. The van der Waals surface area contributed by atoms with E-state index in [9.17, 15) is 14.4 Å². The lowest BCUT2D eigenvalue weighted by molar-refractivity contribution is -0.124. The fraction of sp³-hybridized carbons (Fsp3) is 0.526. The topological polar surface area (TPSA) is 81.8 Å². The van der Waals surface area contributed by atoms with Crippen molar-refractivity contribution in [2.75, 3.05) is 30.4 Å². The summed E-state index contributed by atoms with van der Waals surface area (Å²) in [6.45, 7) is 7.81. The summed E-state index contributed by atoms with van der Waals surface area (Å²) in [7, 11) is 1.73. The molecular weight excluding hydrogens is 332 g/mol. The molecule has 1 heterocycles. The molecule has 1 aromatic rings. The first kappa shape index (κ1) is 19.9. The molecule has 3 amide bonds. The summed E-state index contributed by atoms with van der Waals surface area (Å²) < 4.78 is 0. The molecule has 1 aromatic carbocycles. The molecule has 0 saturated carbocycles. The third-order valence-electron chi connectivity index (χ3n) is 3.96. The summed E-state index contributed by atoms with van der Waals surface area (Å²) in [5, 5.41) is 5.72. The number of likely N-dealkylation sites (N-methyl/N-ethyl adjacent to an activating group) is 1. The number of fused-ring (bicyclic) bond motifs is 1. The average molecular weight is 360 g/mol. The van der Waals surface area contributed by atoms with Crippen LogP contribution in [0, 0.1) is 0 Å². The molecule has 0 spiro atoms. The van der Waals surface area contributed by atoms with Crippen molar-refractivity contribution in [1.29, 1.82) is 0 Å². The predicted molar refractivity (Wildman–Crippen MR) is 102 cm³/mol. The van der Waals surface area contributed by atoms with Gasteiger partial charge in [-0.2, -0.15) is 0 Å². The van der Waals surface area contributed by atoms with E-state index < -0.39 is 0 Å². The number of rotatable bonds is 4. The Kier molecular flexibility index (Phi) is 6.02. The Morgan fingerprint density at radius 1 is 1.27 bits per heavy atom. The van der Waals surface area contributed by atoms with Gasteiger partial charge in [-0.15, -0.1) is 0 Å². The van der Waals surface area contributed by atoms with E-state index in [1.807, 2.05) is 45.9 Å². The molecule has 2 rings (SSSR count). The number of benzene rings is 1. The van der Waals surface area contributed by atoms with E-state index in [2.05, 4.69) is 10.6 Å². The highest BCUT2D eigenvalue weighted by Crippen LogP contribution is 2.31. The van der Waals surface area contributed by atoms with Crippen LogP contribution in [0.4, 0.5) is 11.4 Å². The highest BCUT2D eigenvalue weighted by Gasteiger charge is 2.30. The van der Waals surface area contributed by atoms with Crippen molar-refractivity contribution in [2.24, 2.45) is 0 Å². The van der Waals surface area contributed by atoms with Crippen LogP contribution in [0.1, 0.15) is 34.1 Å². The van der Waals surface area contributed by atoms with E-state index in [0.717, 1.165) is 0 Å². The second-order valence-electron chi connectivity index (χ2n) is 7.85. The van der Waals surface area contributed by atoms with Gasteiger partial charge in [-0.1, -0.05) is 12.1 Å².